The van der Waals surface area contributed by atoms with E-state index in [1.54, 1.807) is 0 Å². The first-order valence-electron chi connectivity index (χ1n) is 4.02. The molecule has 0 radical (unpaired) electrons. The molecule has 1 heterocycles. The molecule has 0 saturated heterocycles. The lowest BCUT2D eigenvalue weighted by Gasteiger charge is -2.09. The summed E-state index contributed by atoms with van der Waals surface area (Å²) in [5.74, 6) is -0.107. The predicted octanol–water partition coefficient (Wildman–Crippen LogP) is 2.58. The van der Waals surface area contributed by atoms with Crippen LogP contribution in [0.1, 0.15) is 24.6 Å². The van der Waals surface area contributed by atoms with Crippen molar-refractivity contribution in [1.82, 2.24) is 9.78 Å². The molecular formula is C7H7BrF3N3. The van der Waals surface area contributed by atoms with Gasteiger partial charge in [-0.15, -0.1) is 0 Å². The first-order chi connectivity index (χ1) is 6.41. The van der Waals surface area contributed by atoms with Crippen molar-refractivity contribution in [1.29, 1.82) is 0 Å². The van der Waals surface area contributed by atoms with E-state index in [1.165, 1.54) is 0 Å². The number of hydrogen-bond donors (Lipinski definition) is 1. The summed E-state index contributed by atoms with van der Waals surface area (Å²) in [5.41, 5.74) is 4.54. The summed E-state index contributed by atoms with van der Waals surface area (Å²) in [7, 11) is 0. The highest BCUT2D eigenvalue weighted by molar-refractivity contribution is 9.10. The maximum atomic E-state index is 12.6. The minimum Gasteiger partial charge on any atom is -0.381 e. The summed E-state index contributed by atoms with van der Waals surface area (Å²) in [6, 6.07) is -0.139. The van der Waals surface area contributed by atoms with Gasteiger partial charge in [0, 0.05) is 0 Å². The molecule has 3 nitrogen and oxygen atoms in total. The molecule has 0 aliphatic heterocycles. The first-order valence-corrected chi connectivity index (χ1v) is 4.81. The van der Waals surface area contributed by atoms with Gasteiger partial charge in [0.15, 0.2) is 11.5 Å². The summed E-state index contributed by atoms with van der Waals surface area (Å²) in [6.45, 7) is 0. The molecule has 1 saturated carbocycles. The Morgan fingerprint density at radius 2 is 2.00 bits per heavy atom. The SMILES string of the molecule is Nc1nn(C2CC2)c(C(F)(F)F)c1Br. The molecular weight excluding hydrogens is 263 g/mol. The molecule has 2 rings (SSSR count). The second-order valence-electron chi connectivity index (χ2n) is 3.22. The maximum Gasteiger partial charge on any atom is 0.434 e. The van der Waals surface area contributed by atoms with Gasteiger partial charge in [-0.1, -0.05) is 0 Å². The van der Waals surface area contributed by atoms with Crippen LogP contribution in [0.4, 0.5) is 19.0 Å². The summed E-state index contributed by atoms with van der Waals surface area (Å²) in [4.78, 5) is 0. The lowest BCUT2D eigenvalue weighted by atomic mass is 10.4. The molecule has 1 fully saturated rings. The highest BCUT2D eigenvalue weighted by Gasteiger charge is 2.42. The van der Waals surface area contributed by atoms with Gasteiger partial charge in [-0.3, -0.25) is 4.68 Å². The number of rotatable bonds is 1. The van der Waals surface area contributed by atoms with Crippen LogP contribution < -0.4 is 5.73 Å². The minimum atomic E-state index is -4.41. The Labute approximate surface area is 86.2 Å². The highest BCUT2D eigenvalue weighted by Crippen LogP contribution is 2.44. The van der Waals surface area contributed by atoms with Crippen LogP contribution in [0, 0.1) is 0 Å². The number of hydrogen-bond acceptors (Lipinski definition) is 2. The molecule has 0 unspecified atom stereocenters. The largest absolute Gasteiger partial charge is 0.434 e. The molecule has 0 amide bonds. The van der Waals surface area contributed by atoms with Crippen molar-refractivity contribution in [3.63, 3.8) is 0 Å². The van der Waals surface area contributed by atoms with Gasteiger partial charge in [-0.25, -0.2) is 0 Å². The summed E-state index contributed by atoms with van der Waals surface area (Å²) in [6.07, 6.45) is -2.95. The van der Waals surface area contributed by atoms with Gasteiger partial charge in [0.25, 0.3) is 0 Å². The monoisotopic (exact) mass is 269 g/mol. The molecule has 0 spiro atoms. The fraction of sp³-hybridized carbons (Fsp3) is 0.571. The van der Waals surface area contributed by atoms with Crippen molar-refractivity contribution in [3.05, 3.63) is 10.2 Å². The number of nitrogens with zero attached hydrogens (tertiary/aromatic N) is 2. The summed E-state index contributed by atoms with van der Waals surface area (Å²) < 4.78 is 38.5. The van der Waals surface area contributed by atoms with E-state index in [-0.39, 0.29) is 16.3 Å². The van der Waals surface area contributed by atoms with Crippen LogP contribution in [0.3, 0.4) is 0 Å². The lowest BCUT2D eigenvalue weighted by Crippen LogP contribution is -2.14. The standard InChI is InChI=1S/C7H7BrF3N3/c8-4-5(7(9,10)11)14(3-1-2-3)13-6(4)12/h3H,1-2H2,(H2,12,13). The smallest absolute Gasteiger partial charge is 0.381 e. The predicted molar refractivity (Wildman–Crippen MR) is 47.6 cm³/mol. The number of nitrogens with two attached hydrogens (primary N) is 1. The van der Waals surface area contributed by atoms with Crippen molar-refractivity contribution in [3.8, 4) is 0 Å². The van der Waals surface area contributed by atoms with Crippen molar-refractivity contribution in [2.75, 3.05) is 5.73 Å². The van der Waals surface area contributed by atoms with Crippen molar-refractivity contribution < 1.29 is 13.2 Å². The average Bonchev–Trinajstić information content (AvgIpc) is 2.78. The van der Waals surface area contributed by atoms with E-state index >= 15 is 0 Å². The zero-order valence-corrected chi connectivity index (χ0v) is 8.56. The molecule has 2 N–H and O–H groups in total. The number of halogens is 4. The maximum absolute atomic E-state index is 12.6. The van der Waals surface area contributed by atoms with E-state index in [9.17, 15) is 13.2 Å². The van der Waals surface area contributed by atoms with E-state index < -0.39 is 11.9 Å². The normalized spacial score (nSPS) is 17.4. The molecule has 0 atom stereocenters. The molecule has 78 valence electrons. The van der Waals surface area contributed by atoms with Crippen LogP contribution in [0.15, 0.2) is 4.47 Å². The summed E-state index contributed by atoms with van der Waals surface area (Å²) >= 11 is 2.80. The van der Waals surface area contributed by atoms with E-state index in [0.29, 0.717) is 0 Å². The third-order valence-corrected chi connectivity index (χ3v) is 2.82. The highest BCUT2D eigenvalue weighted by atomic mass is 79.9. The zero-order valence-electron chi connectivity index (χ0n) is 6.98. The third-order valence-electron chi connectivity index (χ3n) is 2.04. The Kier molecular flexibility index (Phi) is 2.02. The van der Waals surface area contributed by atoms with Crippen LogP contribution >= 0.6 is 15.9 Å². The van der Waals surface area contributed by atoms with Crippen molar-refractivity contribution >= 4 is 21.7 Å². The van der Waals surface area contributed by atoms with Gasteiger partial charge in [-0.05, 0) is 28.8 Å². The zero-order chi connectivity index (χ0) is 10.5. The van der Waals surface area contributed by atoms with Gasteiger partial charge in [0.05, 0.1) is 10.5 Å². The van der Waals surface area contributed by atoms with Crippen molar-refractivity contribution in [2.45, 2.75) is 25.1 Å². The average molecular weight is 270 g/mol. The molecule has 0 aromatic carbocycles. The fourth-order valence-electron chi connectivity index (χ4n) is 1.27. The Morgan fingerprint density at radius 3 is 2.43 bits per heavy atom. The van der Waals surface area contributed by atoms with Crippen LogP contribution in [0.2, 0.25) is 0 Å². The van der Waals surface area contributed by atoms with E-state index in [4.69, 9.17) is 5.73 Å². The Balaban J connectivity index is 2.54. The number of alkyl halides is 3. The van der Waals surface area contributed by atoms with Crippen molar-refractivity contribution in [2.24, 2.45) is 0 Å². The molecule has 1 aromatic rings. The molecule has 1 aliphatic rings. The van der Waals surface area contributed by atoms with Gasteiger partial charge >= 0.3 is 6.18 Å². The minimum absolute atomic E-state index is 0.107. The van der Waals surface area contributed by atoms with Crippen LogP contribution in [0.5, 0.6) is 0 Å². The topological polar surface area (TPSA) is 43.8 Å². The van der Waals surface area contributed by atoms with Crippen LogP contribution in [-0.2, 0) is 6.18 Å². The molecule has 1 aromatic heterocycles. The van der Waals surface area contributed by atoms with Crippen LogP contribution in [-0.4, -0.2) is 9.78 Å². The first kappa shape index (κ1) is 9.82. The number of nitrogen functional groups attached to an aromatic ring is 1. The number of aromatic nitrogens is 2. The molecule has 1 aliphatic carbocycles. The quantitative estimate of drug-likeness (QED) is 0.852. The fourth-order valence-corrected chi connectivity index (χ4v) is 1.76. The Hall–Kier alpha value is -0.720. The molecule has 14 heavy (non-hydrogen) atoms. The van der Waals surface area contributed by atoms with Gasteiger partial charge in [-0.2, -0.15) is 18.3 Å². The van der Waals surface area contributed by atoms with E-state index in [1.807, 2.05) is 0 Å². The molecule has 7 heteroatoms. The Bertz CT molecular complexity index is 367. The summed E-state index contributed by atoms with van der Waals surface area (Å²) in [5, 5.41) is 3.67. The third kappa shape index (κ3) is 1.49. The second kappa shape index (κ2) is 2.88. The van der Waals surface area contributed by atoms with Gasteiger partial charge in [0.1, 0.15) is 0 Å². The van der Waals surface area contributed by atoms with Gasteiger partial charge < -0.3 is 5.73 Å². The lowest BCUT2D eigenvalue weighted by molar-refractivity contribution is -0.144. The second-order valence-corrected chi connectivity index (χ2v) is 4.01. The Morgan fingerprint density at radius 1 is 1.43 bits per heavy atom. The number of anilines is 1. The van der Waals surface area contributed by atoms with Crippen LogP contribution in [0.25, 0.3) is 0 Å². The molecule has 0 bridgehead atoms. The van der Waals surface area contributed by atoms with E-state index in [0.717, 1.165) is 17.5 Å². The van der Waals surface area contributed by atoms with E-state index in [2.05, 4.69) is 21.0 Å². The van der Waals surface area contributed by atoms with Gasteiger partial charge in [0.2, 0.25) is 0 Å².